The van der Waals surface area contributed by atoms with Crippen molar-refractivity contribution in [3.8, 4) is 0 Å². The van der Waals surface area contributed by atoms with Crippen LogP contribution in [0.4, 0.5) is 13.2 Å². The van der Waals surface area contributed by atoms with Gasteiger partial charge in [-0.25, -0.2) is 14.5 Å². The molecule has 34 heavy (non-hydrogen) atoms. The lowest BCUT2D eigenvalue weighted by atomic mass is 9.99. The second kappa shape index (κ2) is 7.42. The number of hydrogen-bond donors (Lipinski definition) is 2. The van der Waals surface area contributed by atoms with Crippen LogP contribution in [0.5, 0.6) is 0 Å². The summed E-state index contributed by atoms with van der Waals surface area (Å²) in [6.07, 6.45) is -1.37. The Labute approximate surface area is 191 Å². The average molecular weight is 474 g/mol. The summed E-state index contributed by atoms with van der Waals surface area (Å²) in [5.74, 6) is -2.59. The molecule has 0 radical (unpaired) electrons. The molecule has 0 saturated heterocycles. The number of hydrogen-bond acceptors (Lipinski definition) is 6. The highest BCUT2D eigenvalue weighted by molar-refractivity contribution is 5.93. The van der Waals surface area contributed by atoms with E-state index in [2.05, 4.69) is 20.1 Å². The maximum atomic E-state index is 13.8. The Bertz CT molecular complexity index is 1400. The minimum absolute atomic E-state index is 0.0986. The van der Waals surface area contributed by atoms with Gasteiger partial charge in [-0.15, -0.1) is 0 Å². The third-order valence-electron chi connectivity index (χ3n) is 5.81. The van der Waals surface area contributed by atoms with Crippen LogP contribution in [0.3, 0.4) is 0 Å². The van der Waals surface area contributed by atoms with Gasteiger partial charge in [0.1, 0.15) is 11.6 Å². The summed E-state index contributed by atoms with van der Waals surface area (Å²) in [7, 11) is 0. The minimum Gasteiger partial charge on any atom is -0.432 e. The Morgan fingerprint density at radius 1 is 1.32 bits per heavy atom. The summed E-state index contributed by atoms with van der Waals surface area (Å²) in [6, 6.07) is 4.67. The van der Waals surface area contributed by atoms with Crippen molar-refractivity contribution in [2.45, 2.75) is 45.0 Å². The molecule has 0 aromatic carbocycles. The molecule has 1 atom stereocenters. The van der Waals surface area contributed by atoms with Crippen molar-refractivity contribution in [3.05, 3.63) is 70.7 Å². The first-order valence-electron chi connectivity index (χ1n) is 10.5. The Morgan fingerprint density at radius 2 is 2.09 bits per heavy atom. The van der Waals surface area contributed by atoms with Crippen LogP contribution in [0, 0.1) is 6.92 Å². The lowest BCUT2D eigenvalue weighted by molar-refractivity contribution is -0.141. The van der Waals surface area contributed by atoms with Crippen molar-refractivity contribution in [1.82, 2.24) is 29.5 Å². The summed E-state index contributed by atoms with van der Waals surface area (Å²) < 4.78 is 48.2. The molecule has 178 valence electrons. The van der Waals surface area contributed by atoms with Crippen molar-refractivity contribution in [2.75, 3.05) is 6.54 Å². The highest BCUT2D eigenvalue weighted by Crippen LogP contribution is 2.38. The van der Waals surface area contributed by atoms with Gasteiger partial charge in [-0.3, -0.25) is 4.79 Å². The monoisotopic (exact) mass is 474 g/mol. The molecule has 4 aromatic heterocycles. The molecule has 0 spiro atoms. The zero-order chi connectivity index (χ0) is 24.4. The largest absolute Gasteiger partial charge is 0.437 e. The number of aromatic nitrogens is 5. The van der Waals surface area contributed by atoms with Crippen LogP contribution in [0.15, 0.2) is 35.1 Å². The predicted molar refractivity (Wildman–Crippen MR) is 112 cm³/mol. The Morgan fingerprint density at radius 3 is 2.76 bits per heavy atom. The second-order valence-corrected chi connectivity index (χ2v) is 8.76. The molecule has 1 aliphatic rings. The van der Waals surface area contributed by atoms with E-state index >= 15 is 0 Å². The number of nitrogens with zero attached hydrogens (tertiary/aromatic N) is 5. The summed E-state index contributed by atoms with van der Waals surface area (Å²) in [5.41, 5.74) is 0.173. The lowest BCUT2D eigenvalue weighted by Crippen LogP contribution is -2.41. The van der Waals surface area contributed by atoms with E-state index in [9.17, 15) is 23.1 Å². The number of aryl methyl sites for hydroxylation is 1. The molecule has 0 fully saturated rings. The third kappa shape index (κ3) is 3.54. The molecular formula is C22H21F3N6O3. The lowest BCUT2D eigenvalue weighted by Gasteiger charge is -2.33. The Balaban J connectivity index is 1.65. The van der Waals surface area contributed by atoms with Crippen LogP contribution >= 0.6 is 0 Å². The topological polar surface area (TPSA) is 113 Å². The first-order valence-corrected chi connectivity index (χ1v) is 10.5. The summed E-state index contributed by atoms with van der Waals surface area (Å²) in [5, 5.41) is 14.7. The first-order chi connectivity index (χ1) is 15.9. The molecule has 5 heterocycles. The molecule has 4 aromatic rings. The third-order valence-corrected chi connectivity index (χ3v) is 5.81. The number of imidazole rings is 1. The van der Waals surface area contributed by atoms with Gasteiger partial charge in [0.05, 0.1) is 23.2 Å². The molecule has 1 aliphatic heterocycles. The Kier molecular flexibility index (Phi) is 4.83. The van der Waals surface area contributed by atoms with Gasteiger partial charge in [0.15, 0.2) is 5.69 Å². The van der Waals surface area contributed by atoms with E-state index in [-0.39, 0.29) is 6.54 Å². The summed E-state index contributed by atoms with van der Waals surface area (Å²) in [4.78, 5) is 25.6. The number of halogens is 3. The Hall–Kier alpha value is -3.67. The zero-order valence-electron chi connectivity index (χ0n) is 18.5. The van der Waals surface area contributed by atoms with Gasteiger partial charge in [0, 0.05) is 24.9 Å². The molecule has 5 rings (SSSR count). The van der Waals surface area contributed by atoms with E-state index in [1.807, 2.05) is 19.1 Å². The van der Waals surface area contributed by atoms with Crippen molar-refractivity contribution >= 4 is 11.4 Å². The van der Waals surface area contributed by atoms with Crippen molar-refractivity contribution < 1.29 is 27.5 Å². The summed E-state index contributed by atoms with van der Waals surface area (Å²) >= 11 is 0. The molecular weight excluding hydrogens is 453 g/mol. The van der Waals surface area contributed by atoms with Gasteiger partial charge < -0.3 is 19.4 Å². The number of alkyl halides is 3. The highest BCUT2D eigenvalue weighted by Gasteiger charge is 2.46. The number of aliphatic hydroxyl groups is 1. The van der Waals surface area contributed by atoms with E-state index in [1.54, 1.807) is 16.8 Å². The fourth-order valence-electron chi connectivity index (χ4n) is 4.15. The maximum absolute atomic E-state index is 13.8. The van der Waals surface area contributed by atoms with Crippen molar-refractivity contribution in [2.24, 2.45) is 0 Å². The fraction of sp³-hybridized carbons (Fsp3) is 0.364. The van der Waals surface area contributed by atoms with E-state index in [0.717, 1.165) is 16.8 Å². The number of pyridine rings is 1. The van der Waals surface area contributed by atoms with Crippen LogP contribution in [-0.4, -0.2) is 47.0 Å². The molecule has 0 saturated carbocycles. The molecule has 0 bridgehead atoms. The second-order valence-electron chi connectivity index (χ2n) is 8.76. The van der Waals surface area contributed by atoms with Gasteiger partial charge in [0.25, 0.3) is 5.91 Å². The number of rotatable bonds is 3. The fourth-order valence-corrected chi connectivity index (χ4v) is 4.15. The van der Waals surface area contributed by atoms with Crippen LogP contribution < -0.4 is 0 Å². The van der Waals surface area contributed by atoms with E-state index in [4.69, 9.17) is 4.42 Å². The van der Waals surface area contributed by atoms with Gasteiger partial charge in [0.2, 0.25) is 11.7 Å². The van der Waals surface area contributed by atoms with Gasteiger partial charge in [-0.05, 0) is 38.5 Å². The number of amides is 1. The first kappa shape index (κ1) is 22.1. The number of fused-ring (bicyclic) bond motifs is 2. The van der Waals surface area contributed by atoms with Gasteiger partial charge in [-0.1, -0.05) is 6.07 Å². The maximum Gasteiger partial charge on any atom is 0.437 e. The molecule has 2 N–H and O–H groups in total. The minimum atomic E-state index is -4.96. The summed E-state index contributed by atoms with van der Waals surface area (Å²) in [6.45, 7) is 4.46. The van der Waals surface area contributed by atoms with Crippen LogP contribution in [0.1, 0.15) is 64.7 Å². The normalized spacial score (nSPS) is 16.8. The number of aromatic amines is 1. The van der Waals surface area contributed by atoms with Crippen LogP contribution in [-0.2, 0) is 18.2 Å². The number of oxazole rings is 1. The predicted octanol–water partition coefficient (Wildman–Crippen LogP) is 3.39. The quantitative estimate of drug-likeness (QED) is 0.471. The SMILES string of the molecule is Cc1cccn2nc(C3c4nc[nH]c4CCN3C(=O)c3oc(C(C)(C)O)nc3C(F)(F)F)cc12. The number of H-pyrrole nitrogens is 1. The molecule has 1 amide bonds. The van der Waals surface area contributed by atoms with Crippen molar-refractivity contribution in [1.29, 1.82) is 0 Å². The zero-order valence-corrected chi connectivity index (χ0v) is 18.5. The van der Waals surface area contributed by atoms with Gasteiger partial charge in [-0.2, -0.15) is 18.3 Å². The standard InChI is InChI=1S/C22H21F3N6O3/c1-11-5-4-7-31-14(11)9-13(29-31)16-15-12(26-10-27-15)6-8-30(16)19(32)17-18(22(23,24)25)28-20(34-17)21(2,3)33/h4-5,7,9-10,16,33H,6,8H2,1-3H3,(H,26,27). The highest BCUT2D eigenvalue weighted by atomic mass is 19.4. The molecule has 1 unspecified atom stereocenters. The van der Waals surface area contributed by atoms with E-state index < -0.39 is 41.1 Å². The molecule has 9 nitrogen and oxygen atoms in total. The van der Waals surface area contributed by atoms with E-state index in [1.165, 1.54) is 25.1 Å². The molecule has 0 aliphatic carbocycles. The van der Waals surface area contributed by atoms with Gasteiger partial charge >= 0.3 is 6.18 Å². The smallest absolute Gasteiger partial charge is 0.432 e. The van der Waals surface area contributed by atoms with Crippen LogP contribution in [0.25, 0.3) is 5.52 Å². The average Bonchev–Trinajstić information content (AvgIpc) is 3.48. The number of carbonyl (C=O) groups is 1. The molecule has 12 heteroatoms. The van der Waals surface area contributed by atoms with Crippen LogP contribution in [0.2, 0.25) is 0 Å². The van der Waals surface area contributed by atoms with Crippen molar-refractivity contribution in [3.63, 3.8) is 0 Å². The van der Waals surface area contributed by atoms with E-state index in [0.29, 0.717) is 17.8 Å². The number of carbonyl (C=O) groups excluding carboxylic acids is 1. The number of nitrogens with one attached hydrogen (secondary N) is 1.